The summed E-state index contributed by atoms with van der Waals surface area (Å²) in [5.74, 6) is 0.724. The van der Waals surface area contributed by atoms with Crippen molar-refractivity contribution in [1.82, 2.24) is 24.6 Å². The van der Waals surface area contributed by atoms with Gasteiger partial charge in [-0.2, -0.15) is 5.10 Å². The van der Waals surface area contributed by atoms with Crippen LogP contribution in [0, 0.1) is 0 Å². The van der Waals surface area contributed by atoms with Crippen LogP contribution in [0.3, 0.4) is 0 Å². The molecule has 5 rings (SSSR count). The first-order valence-corrected chi connectivity index (χ1v) is 9.84. The molecule has 4 aromatic rings. The molecule has 0 aliphatic carbocycles. The summed E-state index contributed by atoms with van der Waals surface area (Å²) in [5, 5.41) is 5.58. The molecular weight excluding hydrogens is 378 g/mol. The molecule has 1 N–H and O–H groups in total. The molecule has 0 saturated heterocycles. The zero-order chi connectivity index (χ0) is 20.5. The van der Waals surface area contributed by atoms with E-state index < -0.39 is 0 Å². The summed E-state index contributed by atoms with van der Waals surface area (Å²) < 4.78 is 6.89. The van der Waals surface area contributed by atoms with E-state index in [1.165, 1.54) is 5.57 Å². The molecule has 0 radical (unpaired) electrons. The topological polar surface area (TPSA) is 76.0 Å². The van der Waals surface area contributed by atoms with E-state index in [0.29, 0.717) is 18.8 Å². The lowest BCUT2D eigenvalue weighted by Gasteiger charge is -2.25. The van der Waals surface area contributed by atoms with Gasteiger partial charge < -0.3 is 14.6 Å². The first-order chi connectivity index (χ1) is 14.7. The van der Waals surface area contributed by atoms with Gasteiger partial charge >= 0.3 is 0 Å². The van der Waals surface area contributed by atoms with Crippen molar-refractivity contribution in [3.05, 3.63) is 78.4 Å². The summed E-state index contributed by atoms with van der Waals surface area (Å²) in [7, 11) is 1.63. The third kappa shape index (κ3) is 3.24. The number of rotatable bonds is 4. The highest BCUT2D eigenvalue weighted by atomic mass is 16.5. The smallest absolute Gasteiger partial charge is 0.274 e. The minimum absolute atomic E-state index is 0.0573. The van der Waals surface area contributed by atoms with Gasteiger partial charge in [-0.3, -0.25) is 4.79 Å². The van der Waals surface area contributed by atoms with Gasteiger partial charge in [0.25, 0.3) is 5.91 Å². The van der Waals surface area contributed by atoms with Crippen LogP contribution in [0.25, 0.3) is 22.3 Å². The predicted molar refractivity (Wildman–Crippen MR) is 115 cm³/mol. The lowest BCUT2D eigenvalue weighted by atomic mass is 9.99. The Morgan fingerprint density at radius 3 is 2.80 bits per heavy atom. The SMILES string of the molecule is COc1ccc(-n2ccc(C(=O)N3CC=C(c4c[nH]c5ncccc45)CC3)n2)cc1. The van der Waals surface area contributed by atoms with Crippen LogP contribution in [0.15, 0.2) is 67.1 Å². The van der Waals surface area contributed by atoms with Gasteiger partial charge in [0.05, 0.1) is 12.8 Å². The molecule has 0 spiro atoms. The van der Waals surface area contributed by atoms with E-state index in [1.54, 1.807) is 30.3 Å². The van der Waals surface area contributed by atoms with Gasteiger partial charge in [0.1, 0.15) is 11.4 Å². The summed E-state index contributed by atoms with van der Waals surface area (Å²) in [6.45, 7) is 1.23. The van der Waals surface area contributed by atoms with E-state index in [-0.39, 0.29) is 5.91 Å². The number of aromatic nitrogens is 4. The number of carbonyl (C=O) groups is 1. The van der Waals surface area contributed by atoms with Crippen molar-refractivity contribution in [3.8, 4) is 11.4 Å². The maximum absolute atomic E-state index is 12.9. The molecule has 0 bridgehead atoms. The van der Waals surface area contributed by atoms with Gasteiger partial charge in [-0.25, -0.2) is 9.67 Å². The van der Waals surface area contributed by atoms with E-state index in [9.17, 15) is 4.79 Å². The van der Waals surface area contributed by atoms with Crippen LogP contribution in [0.4, 0.5) is 0 Å². The molecule has 1 aliphatic rings. The van der Waals surface area contributed by atoms with Gasteiger partial charge in [-0.05, 0) is 54.5 Å². The van der Waals surface area contributed by atoms with Gasteiger partial charge in [-0.15, -0.1) is 0 Å². The minimum atomic E-state index is -0.0573. The Labute approximate surface area is 173 Å². The molecule has 4 heterocycles. The Balaban J connectivity index is 1.31. The fraction of sp³-hybridized carbons (Fsp3) is 0.174. The average Bonchev–Trinajstić information content (AvgIpc) is 3.47. The Bertz CT molecular complexity index is 1240. The van der Waals surface area contributed by atoms with Crippen molar-refractivity contribution in [3.63, 3.8) is 0 Å². The molecule has 0 saturated carbocycles. The molecule has 1 aliphatic heterocycles. The highest BCUT2D eigenvalue weighted by molar-refractivity contribution is 5.94. The Kier molecular flexibility index (Phi) is 4.55. The maximum atomic E-state index is 12.9. The number of benzene rings is 1. The Morgan fingerprint density at radius 2 is 2.03 bits per heavy atom. The van der Waals surface area contributed by atoms with Crippen LogP contribution in [0.1, 0.15) is 22.5 Å². The van der Waals surface area contributed by atoms with E-state index in [2.05, 4.69) is 27.2 Å². The fourth-order valence-electron chi connectivity index (χ4n) is 3.80. The molecule has 0 unspecified atom stereocenters. The number of nitrogens with one attached hydrogen (secondary N) is 1. The second kappa shape index (κ2) is 7.51. The number of carbonyl (C=O) groups excluding carboxylic acids is 1. The van der Waals surface area contributed by atoms with Crippen molar-refractivity contribution in [2.24, 2.45) is 0 Å². The lowest BCUT2D eigenvalue weighted by Crippen LogP contribution is -2.35. The zero-order valence-electron chi connectivity index (χ0n) is 16.6. The van der Waals surface area contributed by atoms with Gasteiger partial charge in [0.2, 0.25) is 0 Å². The van der Waals surface area contributed by atoms with Crippen molar-refractivity contribution >= 4 is 22.5 Å². The van der Waals surface area contributed by atoms with Crippen LogP contribution in [-0.4, -0.2) is 50.8 Å². The highest BCUT2D eigenvalue weighted by Gasteiger charge is 2.22. The minimum Gasteiger partial charge on any atom is -0.497 e. The molecule has 7 heteroatoms. The third-order valence-electron chi connectivity index (χ3n) is 5.44. The number of fused-ring (bicyclic) bond motifs is 1. The van der Waals surface area contributed by atoms with Gasteiger partial charge in [0.15, 0.2) is 5.69 Å². The number of pyridine rings is 1. The zero-order valence-corrected chi connectivity index (χ0v) is 16.6. The van der Waals surface area contributed by atoms with Crippen LogP contribution in [0.5, 0.6) is 5.75 Å². The number of aromatic amines is 1. The second-order valence-corrected chi connectivity index (χ2v) is 7.18. The molecule has 1 amide bonds. The number of hydrogen-bond donors (Lipinski definition) is 1. The molecule has 7 nitrogen and oxygen atoms in total. The third-order valence-corrected chi connectivity index (χ3v) is 5.44. The van der Waals surface area contributed by atoms with Crippen LogP contribution in [-0.2, 0) is 0 Å². The second-order valence-electron chi connectivity index (χ2n) is 7.18. The molecule has 0 atom stereocenters. The monoisotopic (exact) mass is 399 g/mol. The Morgan fingerprint density at radius 1 is 1.17 bits per heavy atom. The van der Waals surface area contributed by atoms with Crippen LogP contribution >= 0.6 is 0 Å². The summed E-state index contributed by atoms with van der Waals surface area (Å²) in [6.07, 6.45) is 8.50. The van der Waals surface area contributed by atoms with E-state index in [0.717, 1.165) is 34.5 Å². The van der Waals surface area contributed by atoms with Crippen molar-refractivity contribution in [2.75, 3.05) is 20.2 Å². The van der Waals surface area contributed by atoms with E-state index in [4.69, 9.17) is 4.74 Å². The molecular formula is C23H21N5O2. The van der Waals surface area contributed by atoms with Crippen LogP contribution < -0.4 is 4.74 Å². The Hall–Kier alpha value is -3.87. The largest absolute Gasteiger partial charge is 0.497 e. The molecule has 30 heavy (non-hydrogen) atoms. The number of nitrogens with zero attached hydrogens (tertiary/aromatic N) is 4. The molecule has 150 valence electrons. The standard InChI is InChI=1S/C23H21N5O2/c1-30-18-6-4-17(5-7-18)28-14-10-21(26-28)23(29)27-12-8-16(9-13-27)20-15-25-22-19(20)3-2-11-24-22/h2-8,10-11,14-15H,9,12-13H2,1H3,(H,24,25). The fourth-order valence-corrected chi connectivity index (χ4v) is 3.80. The van der Waals surface area contributed by atoms with Crippen molar-refractivity contribution in [2.45, 2.75) is 6.42 Å². The van der Waals surface area contributed by atoms with Crippen molar-refractivity contribution in [1.29, 1.82) is 0 Å². The first-order valence-electron chi connectivity index (χ1n) is 9.84. The summed E-state index contributed by atoms with van der Waals surface area (Å²) in [6, 6.07) is 13.3. The van der Waals surface area contributed by atoms with Gasteiger partial charge in [-0.1, -0.05) is 6.08 Å². The summed E-state index contributed by atoms with van der Waals surface area (Å²) >= 11 is 0. The van der Waals surface area contributed by atoms with E-state index in [1.807, 2.05) is 41.4 Å². The number of hydrogen-bond acceptors (Lipinski definition) is 4. The van der Waals surface area contributed by atoms with Crippen LogP contribution in [0.2, 0.25) is 0 Å². The predicted octanol–water partition coefficient (Wildman–Crippen LogP) is 3.69. The number of amides is 1. The number of methoxy groups -OCH3 is 1. The number of H-pyrrole nitrogens is 1. The molecule has 0 fully saturated rings. The highest BCUT2D eigenvalue weighted by Crippen LogP contribution is 2.28. The number of ether oxygens (including phenoxy) is 1. The molecule has 3 aromatic heterocycles. The lowest BCUT2D eigenvalue weighted by molar-refractivity contribution is 0.0766. The first kappa shape index (κ1) is 18.2. The summed E-state index contributed by atoms with van der Waals surface area (Å²) in [4.78, 5) is 22.3. The van der Waals surface area contributed by atoms with Crippen molar-refractivity contribution < 1.29 is 9.53 Å². The molecule has 1 aromatic carbocycles. The maximum Gasteiger partial charge on any atom is 0.274 e. The average molecular weight is 399 g/mol. The van der Waals surface area contributed by atoms with E-state index >= 15 is 0 Å². The quantitative estimate of drug-likeness (QED) is 0.568. The van der Waals surface area contributed by atoms with Gasteiger partial charge in [0, 0.05) is 42.6 Å². The normalized spacial score (nSPS) is 14.0. The summed E-state index contributed by atoms with van der Waals surface area (Å²) in [5.41, 5.74) is 4.61.